The molecule has 1 fully saturated rings. The molecule has 132 valence electrons. The van der Waals surface area contributed by atoms with Crippen molar-refractivity contribution in [2.45, 2.75) is 13.0 Å². The number of anilines is 1. The number of carbonyl (C=O) groups excluding carboxylic acids is 1. The summed E-state index contributed by atoms with van der Waals surface area (Å²) in [6.45, 7) is 3.94. The molecule has 1 atom stereocenters. The summed E-state index contributed by atoms with van der Waals surface area (Å²) in [4.78, 5) is 16.0. The molecule has 4 nitrogen and oxygen atoms in total. The van der Waals surface area contributed by atoms with E-state index in [2.05, 4.69) is 5.32 Å². The fourth-order valence-electron chi connectivity index (χ4n) is 2.99. The minimum absolute atomic E-state index is 0.0822. The zero-order chi connectivity index (χ0) is 17.8. The van der Waals surface area contributed by atoms with Gasteiger partial charge in [0.15, 0.2) is 0 Å². The molecule has 1 saturated heterocycles. The van der Waals surface area contributed by atoms with Gasteiger partial charge in [-0.25, -0.2) is 13.6 Å². The molecule has 0 aliphatic carbocycles. The largest absolute Gasteiger partial charge is 0.366 e. The van der Waals surface area contributed by atoms with Crippen LogP contribution in [-0.4, -0.2) is 37.1 Å². The lowest BCUT2D eigenvalue weighted by molar-refractivity contribution is 0.191. The lowest BCUT2D eigenvalue weighted by Crippen LogP contribution is -2.52. The Kier molecular flexibility index (Phi) is 5.16. The molecule has 1 aliphatic heterocycles. The number of rotatable bonds is 3. The van der Waals surface area contributed by atoms with Crippen LogP contribution < -0.4 is 10.2 Å². The lowest BCUT2D eigenvalue weighted by Gasteiger charge is -2.36. The predicted octanol–water partition coefficient (Wildman–Crippen LogP) is 3.56. The van der Waals surface area contributed by atoms with E-state index in [1.807, 2.05) is 42.2 Å². The molecule has 0 radical (unpaired) electrons. The lowest BCUT2D eigenvalue weighted by atomic mass is 10.1. The van der Waals surface area contributed by atoms with Crippen molar-refractivity contribution in [3.8, 4) is 0 Å². The van der Waals surface area contributed by atoms with Gasteiger partial charge in [0, 0.05) is 32.2 Å². The van der Waals surface area contributed by atoms with Crippen molar-refractivity contribution in [2.75, 3.05) is 31.1 Å². The number of halogens is 2. The molecule has 25 heavy (non-hydrogen) atoms. The third kappa shape index (κ3) is 4.07. The van der Waals surface area contributed by atoms with Crippen molar-refractivity contribution < 1.29 is 13.6 Å². The van der Waals surface area contributed by atoms with Crippen LogP contribution in [0.1, 0.15) is 18.5 Å². The summed E-state index contributed by atoms with van der Waals surface area (Å²) < 4.78 is 26.9. The fraction of sp³-hybridized carbons (Fsp3) is 0.316. The van der Waals surface area contributed by atoms with E-state index in [0.29, 0.717) is 31.9 Å². The number of urea groups is 1. The van der Waals surface area contributed by atoms with E-state index in [-0.39, 0.29) is 12.1 Å². The van der Waals surface area contributed by atoms with Gasteiger partial charge in [-0.2, -0.15) is 0 Å². The Morgan fingerprint density at radius 1 is 1.04 bits per heavy atom. The van der Waals surface area contributed by atoms with Gasteiger partial charge in [0.25, 0.3) is 0 Å². The van der Waals surface area contributed by atoms with Crippen molar-refractivity contribution in [3.05, 3.63) is 65.7 Å². The zero-order valence-electron chi connectivity index (χ0n) is 14.1. The quantitative estimate of drug-likeness (QED) is 0.923. The highest BCUT2D eigenvalue weighted by Gasteiger charge is 2.24. The Labute approximate surface area is 146 Å². The summed E-state index contributed by atoms with van der Waals surface area (Å²) in [5.41, 5.74) is 1.42. The van der Waals surface area contributed by atoms with E-state index in [0.717, 1.165) is 11.6 Å². The number of hydrogen-bond acceptors (Lipinski definition) is 2. The van der Waals surface area contributed by atoms with Crippen LogP contribution in [0.5, 0.6) is 0 Å². The highest BCUT2D eigenvalue weighted by molar-refractivity contribution is 5.75. The molecular weight excluding hydrogens is 324 g/mol. The minimum Gasteiger partial charge on any atom is -0.366 e. The van der Waals surface area contributed by atoms with Gasteiger partial charge < -0.3 is 15.1 Å². The van der Waals surface area contributed by atoms with Gasteiger partial charge in [0.2, 0.25) is 0 Å². The first-order chi connectivity index (χ1) is 12.0. The molecule has 0 saturated carbocycles. The van der Waals surface area contributed by atoms with E-state index in [9.17, 15) is 13.6 Å². The van der Waals surface area contributed by atoms with Crippen molar-refractivity contribution >= 4 is 11.7 Å². The molecule has 1 N–H and O–H groups in total. The Morgan fingerprint density at radius 2 is 1.72 bits per heavy atom. The summed E-state index contributed by atoms with van der Waals surface area (Å²) in [7, 11) is 0. The van der Waals surface area contributed by atoms with Crippen LogP contribution in [0, 0.1) is 11.6 Å². The molecule has 0 bridgehead atoms. The molecule has 0 aromatic heterocycles. The minimum atomic E-state index is -0.589. The zero-order valence-corrected chi connectivity index (χ0v) is 14.1. The van der Waals surface area contributed by atoms with Crippen LogP contribution in [0.4, 0.5) is 19.3 Å². The fourth-order valence-corrected chi connectivity index (χ4v) is 2.99. The second-order valence-corrected chi connectivity index (χ2v) is 6.15. The van der Waals surface area contributed by atoms with E-state index in [1.165, 1.54) is 12.1 Å². The maximum atomic E-state index is 13.9. The van der Waals surface area contributed by atoms with Crippen LogP contribution >= 0.6 is 0 Å². The highest BCUT2D eigenvalue weighted by atomic mass is 19.1. The van der Waals surface area contributed by atoms with Crippen LogP contribution in [0.2, 0.25) is 0 Å². The topological polar surface area (TPSA) is 35.6 Å². The van der Waals surface area contributed by atoms with Crippen molar-refractivity contribution in [1.82, 2.24) is 10.2 Å². The van der Waals surface area contributed by atoms with Gasteiger partial charge in [0.1, 0.15) is 11.6 Å². The van der Waals surface area contributed by atoms with Gasteiger partial charge in [0.05, 0.1) is 11.7 Å². The number of carbonyl (C=O) groups is 1. The Hall–Kier alpha value is -2.63. The molecule has 1 heterocycles. The van der Waals surface area contributed by atoms with Gasteiger partial charge in [-0.05, 0) is 24.6 Å². The summed E-state index contributed by atoms with van der Waals surface area (Å²) >= 11 is 0. The molecule has 3 rings (SSSR count). The van der Waals surface area contributed by atoms with Gasteiger partial charge in [-0.15, -0.1) is 0 Å². The van der Waals surface area contributed by atoms with Crippen molar-refractivity contribution in [1.29, 1.82) is 0 Å². The SMILES string of the molecule is CC(NC(=O)N1CCN(c2ccc(F)cc2F)CC1)c1ccccc1. The molecule has 2 aromatic carbocycles. The second-order valence-electron chi connectivity index (χ2n) is 6.15. The Balaban J connectivity index is 1.56. The van der Waals surface area contributed by atoms with Crippen LogP contribution in [0.15, 0.2) is 48.5 Å². The van der Waals surface area contributed by atoms with Crippen LogP contribution in [0.3, 0.4) is 0 Å². The van der Waals surface area contributed by atoms with Crippen LogP contribution in [0.25, 0.3) is 0 Å². The maximum Gasteiger partial charge on any atom is 0.317 e. The smallest absolute Gasteiger partial charge is 0.317 e. The normalized spacial score (nSPS) is 15.8. The highest BCUT2D eigenvalue weighted by Crippen LogP contribution is 2.21. The van der Waals surface area contributed by atoms with Gasteiger partial charge >= 0.3 is 6.03 Å². The summed E-state index contributed by atoms with van der Waals surface area (Å²) in [5, 5.41) is 2.98. The van der Waals surface area contributed by atoms with E-state index in [1.54, 1.807) is 4.90 Å². The molecule has 2 aromatic rings. The van der Waals surface area contributed by atoms with Gasteiger partial charge in [-0.3, -0.25) is 0 Å². The third-order valence-electron chi connectivity index (χ3n) is 4.46. The van der Waals surface area contributed by atoms with E-state index < -0.39 is 11.6 Å². The van der Waals surface area contributed by atoms with Crippen LogP contribution in [-0.2, 0) is 0 Å². The first kappa shape index (κ1) is 17.2. The predicted molar refractivity (Wildman–Crippen MR) is 93.5 cm³/mol. The summed E-state index contributed by atoms with van der Waals surface area (Å²) in [5.74, 6) is -1.16. The molecule has 2 amide bonds. The van der Waals surface area contributed by atoms with E-state index in [4.69, 9.17) is 0 Å². The number of hydrogen-bond donors (Lipinski definition) is 1. The maximum absolute atomic E-state index is 13.9. The van der Waals surface area contributed by atoms with E-state index >= 15 is 0 Å². The average molecular weight is 345 g/mol. The Bertz CT molecular complexity index is 731. The second kappa shape index (κ2) is 7.51. The number of nitrogens with one attached hydrogen (secondary N) is 1. The third-order valence-corrected chi connectivity index (χ3v) is 4.46. The van der Waals surface area contributed by atoms with Crippen molar-refractivity contribution in [3.63, 3.8) is 0 Å². The number of nitrogens with zero attached hydrogens (tertiary/aromatic N) is 2. The first-order valence-corrected chi connectivity index (χ1v) is 8.35. The number of piperazine rings is 1. The monoisotopic (exact) mass is 345 g/mol. The van der Waals surface area contributed by atoms with Crippen molar-refractivity contribution in [2.24, 2.45) is 0 Å². The van der Waals surface area contributed by atoms with Gasteiger partial charge in [-0.1, -0.05) is 30.3 Å². The molecule has 1 unspecified atom stereocenters. The molecule has 0 spiro atoms. The Morgan fingerprint density at radius 3 is 2.36 bits per heavy atom. The summed E-state index contributed by atoms with van der Waals surface area (Å²) in [6.07, 6.45) is 0. The number of amides is 2. The first-order valence-electron chi connectivity index (χ1n) is 8.35. The number of benzene rings is 2. The molecule has 6 heteroatoms. The molecular formula is C19H21F2N3O. The summed E-state index contributed by atoms with van der Waals surface area (Å²) in [6, 6.07) is 13.1. The molecule has 1 aliphatic rings. The average Bonchev–Trinajstić information content (AvgIpc) is 2.62. The standard InChI is InChI=1S/C19H21F2N3O/c1-14(15-5-3-2-4-6-15)22-19(25)24-11-9-23(10-12-24)18-8-7-16(20)13-17(18)21/h2-8,13-14H,9-12H2,1H3,(H,22,25).